The minimum atomic E-state index is -0.129. The minimum Gasteiger partial charge on any atom is -0.492 e. The van der Waals surface area contributed by atoms with E-state index in [4.69, 9.17) is 4.74 Å². The monoisotopic (exact) mass is 208 g/mol. The lowest BCUT2D eigenvalue weighted by Crippen LogP contribution is -2.30. The van der Waals surface area contributed by atoms with Crippen molar-refractivity contribution in [3.63, 3.8) is 0 Å². The van der Waals surface area contributed by atoms with E-state index in [1.54, 1.807) is 13.0 Å². The molecular formula is C13H20O2. The Balaban J connectivity index is 2.59. The number of hydrogen-bond donors (Lipinski definition) is 0. The molecule has 0 aromatic heterocycles. The molecule has 1 aliphatic rings. The van der Waals surface area contributed by atoms with Crippen molar-refractivity contribution in [1.29, 1.82) is 0 Å². The van der Waals surface area contributed by atoms with Crippen LogP contribution >= 0.6 is 0 Å². The molecule has 0 spiro atoms. The van der Waals surface area contributed by atoms with Crippen molar-refractivity contribution in [2.45, 2.75) is 52.6 Å². The van der Waals surface area contributed by atoms with Gasteiger partial charge in [0, 0.05) is 6.42 Å². The van der Waals surface area contributed by atoms with E-state index < -0.39 is 0 Å². The van der Waals surface area contributed by atoms with Gasteiger partial charge in [0.05, 0.1) is 5.76 Å². The second-order valence-corrected chi connectivity index (χ2v) is 4.61. The zero-order valence-corrected chi connectivity index (χ0v) is 10.1. The first kappa shape index (κ1) is 12.0. The van der Waals surface area contributed by atoms with Crippen molar-refractivity contribution in [2.24, 2.45) is 0 Å². The first-order valence-electron chi connectivity index (χ1n) is 5.45. The van der Waals surface area contributed by atoms with Gasteiger partial charge in [-0.2, -0.15) is 0 Å². The summed E-state index contributed by atoms with van der Waals surface area (Å²) >= 11 is 0. The Hall–Kier alpha value is -1.05. The minimum absolute atomic E-state index is 0.0952. The number of allylic oxidation sites excluding steroid dienone is 3. The van der Waals surface area contributed by atoms with Gasteiger partial charge < -0.3 is 4.74 Å². The fraction of sp³-hybridized carbons (Fsp3) is 0.615. The molecule has 15 heavy (non-hydrogen) atoms. The second kappa shape index (κ2) is 4.65. The Bertz CT molecular complexity index is 312. The van der Waals surface area contributed by atoms with Crippen LogP contribution in [0.4, 0.5) is 0 Å². The van der Waals surface area contributed by atoms with E-state index in [2.05, 4.69) is 13.8 Å². The highest BCUT2D eigenvalue weighted by Gasteiger charge is 2.28. The molecule has 0 N–H and O–H groups in total. The third-order valence-electron chi connectivity index (χ3n) is 2.93. The molecule has 0 aromatic rings. The van der Waals surface area contributed by atoms with E-state index in [9.17, 15) is 4.79 Å². The van der Waals surface area contributed by atoms with Gasteiger partial charge in [-0.25, -0.2) is 0 Å². The Morgan fingerprint density at radius 2 is 2.20 bits per heavy atom. The van der Waals surface area contributed by atoms with Crippen LogP contribution in [0.1, 0.15) is 47.0 Å². The van der Waals surface area contributed by atoms with Crippen molar-refractivity contribution in [1.82, 2.24) is 0 Å². The smallest absolute Gasteiger partial charge is 0.152 e. The molecule has 1 rings (SSSR count). The average Bonchev–Trinajstić information content (AvgIpc) is 2.11. The number of carbonyl (C=O) groups is 1. The van der Waals surface area contributed by atoms with Crippen LogP contribution in [0.25, 0.3) is 0 Å². The molecule has 1 heterocycles. The molecule has 0 unspecified atom stereocenters. The molecule has 0 saturated heterocycles. The van der Waals surface area contributed by atoms with Crippen LogP contribution in [-0.4, -0.2) is 11.4 Å². The third kappa shape index (κ3) is 3.54. The Morgan fingerprint density at radius 3 is 2.73 bits per heavy atom. The molecule has 0 aromatic carbocycles. The highest BCUT2D eigenvalue weighted by atomic mass is 16.5. The summed E-state index contributed by atoms with van der Waals surface area (Å²) in [4.78, 5) is 10.8. The molecule has 2 nitrogen and oxygen atoms in total. The van der Waals surface area contributed by atoms with Crippen LogP contribution in [0.5, 0.6) is 0 Å². The van der Waals surface area contributed by atoms with Gasteiger partial charge in [-0.1, -0.05) is 6.08 Å². The molecule has 0 aliphatic carbocycles. The maximum atomic E-state index is 10.8. The quantitative estimate of drug-likeness (QED) is 0.664. The predicted octanol–water partition coefficient (Wildman–Crippen LogP) is 3.38. The Kier molecular flexibility index (Phi) is 3.72. The summed E-state index contributed by atoms with van der Waals surface area (Å²) in [7, 11) is 0. The molecule has 0 bridgehead atoms. The first-order valence-corrected chi connectivity index (χ1v) is 5.45. The lowest BCUT2D eigenvalue weighted by atomic mass is 9.90. The van der Waals surface area contributed by atoms with Crippen molar-refractivity contribution in [2.75, 3.05) is 0 Å². The van der Waals surface area contributed by atoms with Crippen LogP contribution in [0.3, 0.4) is 0 Å². The maximum absolute atomic E-state index is 10.8. The number of ether oxygens (including phenoxy) is 1. The number of carbonyl (C=O) groups excluding carboxylic acids is 1. The van der Waals surface area contributed by atoms with Gasteiger partial charge in [0.15, 0.2) is 5.78 Å². The fourth-order valence-corrected chi connectivity index (χ4v) is 1.75. The van der Waals surface area contributed by atoms with Crippen molar-refractivity contribution >= 4 is 5.78 Å². The summed E-state index contributed by atoms with van der Waals surface area (Å²) in [6.07, 6.45) is 6.46. The van der Waals surface area contributed by atoms with Crippen molar-refractivity contribution < 1.29 is 9.53 Å². The van der Waals surface area contributed by atoms with E-state index in [0.29, 0.717) is 0 Å². The summed E-state index contributed by atoms with van der Waals surface area (Å²) in [5, 5.41) is 0. The van der Waals surface area contributed by atoms with Gasteiger partial charge in [0.2, 0.25) is 0 Å². The average molecular weight is 208 g/mol. The van der Waals surface area contributed by atoms with E-state index in [1.165, 1.54) is 5.57 Å². The summed E-state index contributed by atoms with van der Waals surface area (Å²) in [5.41, 5.74) is 1.21. The summed E-state index contributed by atoms with van der Waals surface area (Å²) < 4.78 is 5.88. The van der Waals surface area contributed by atoms with Gasteiger partial charge in [0.1, 0.15) is 5.60 Å². The zero-order valence-electron chi connectivity index (χ0n) is 10.1. The SMILES string of the molecule is CC(=O)/C=C/C[C@]1(C)CCC(C)=C(C)O1. The van der Waals surface area contributed by atoms with E-state index >= 15 is 0 Å². The topological polar surface area (TPSA) is 26.3 Å². The summed E-state index contributed by atoms with van der Waals surface area (Å²) in [5.74, 6) is 1.14. The highest BCUT2D eigenvalue weighted by Crippen LogP contribution is 2.33. The van der Waals surface area contributed by atoms with Crippen molar-refractivity contribution in [3.05, 3.63) is 23.5 Å². The molecule has 0 radical (unpaired) electrons. The summed E-state index contributed by atoms with van der Waals surface area (Å²) in [6.45, 7) is 7.80. The van der Waals surface area contributed by atoms with Gasteiger partial charge >= 0.3 is 0 Å². The van der Waals surface area contributed by atoms with Crippen LogP contribution < -0.4 is 0 Å². The molecule has 1 aliphatic heterocycles. The van der Waals surface area contributed by atoms with Crippen LogP contribution in [0.2, 0.25) is 0 Å². The fourth-order valence-electron chi connectivity index (χ4n) is 1.75. The first-order chi connectivity index (χ1) is 6.93. The number of hydrogen-bond acceptors (Lipinski definition) is 2. The van der Waals surface area contributed by atoms with E-state index in [0.717, 1.165) is 25.0 Å². The van der Waals surface area contributed by atoms with Crippen LogP contribution in [0, 0.1) is 0 Å². The molecule has 0 fully saturated rings. The molecule has 1 atom stereocenters. The third-order valence-corrected chi connectivity index (χ3v) is 2.93. The highest BCUT2D eigenvalue weighted by molar-refractivity contribution is 5.87. The molecule has 0 saturated carbocycles. The van der Waals surface area contributed by atoms with Crippen molar-refractivity contribution in [3.8, 4) is 0 Å². The van der Waals surface area contributed by atoms with Gasteiger partial charge in [-0.3, -0.25) is 4.79 Å². The van der Waals surface area contributed by atoms with Crippen LogP contribution in [-0.2, 0) is 9.53 Å². The largest absolute Gasteiger partial charge is 0.492 e. The van der Waals surface area contributed by atoms with E-state index in [1.807, 2.05) is 13.0 Å². The number of ketones is 1. The normalized spacial score (nSPS) is 26.9. The molecular weight excluding hydrogens is 188 g/mol. The van der Waals surface area contributed by atoms with Gasteiger partial charge in [-0.05, 0) is 52.2 Å². The standard InChI is InChI=1S/C13H20O2/c1-10-7-9-13(4,15-12(10)3)8-5-6-11(2)14/h5-6H,7-9H2,1-4H3/b6-5+/t13-/m1/s1. The van der Waals surface area contributed by atoms with Gasteiger partial charge in [0.25, 0.3) is 0 Å². The predicted molar refractivity (Wildman–Crippen MR) is 61.5 cm³/mol. The lowest BCUT2D eigenvalue weighted by Gasteiger charge is -2.35. The Labute approximate surface area is 92.0 Å². The summed E-state index contributed by atoms with van der Waals surface area (Å²) in [6, 6.07) is 0. The molecule has 84 valence electrons. The number of rotatable bonds is 3. The molecule has 2 heteroatoms. The molecule has 0 amide bonds. The Morgan fingerprint density at radius 1 is 1.53 bits per heavy atom. The van der Waals surface area contributed by atoms with Gasteiger partial charge in [-0.15, -0.1) is 0 Å². The zero-order chi connectivity index (χ0) is 11.5. The lowest BCUT2D eigenvalue weighted by molar-refractivity contribution is -0.112. The maximum Gasteiger partial charge on any atom is 0.152 e. The van der Waals surface area contributed by atoms with E-state index in [-0.39, 0.29) is 11.4 Å². The van der Waals surface area contributed by atoms with Crippen LogP contribution in [0.15, 0.2) is 23.5 Å². The second-order valence-electron chi connectivity index (χ2n) is 4.61.